The number of guanidine groups is 1. The van der Waals surface area contributed by atoms with Crippen molar-refractivity contribution in [2.45, 2.75) is 32.6 Å². The molecule has 0 aliphatic rings. The number of hydrogen-bond acceptors (Lipinski definition) is 1. The highest BCUT2D eigenvalue weighted by Gasteiger charge is 2.06. The van der Waals surface area contributed by atoms with Crippen molar-refractivity contribution in [3.63, 3.8) is 0 Å². The molecule has 0 atom stereocenters. The van der Waals surface area contributed by atoms with E-state index in [0.717, 1.165) is 18.4 Å². The number of rotatable bonds is 5. The van der Waals surface area contributed by atoms with E-state index in [-0.39, 0.29) is 5.96 Å². The molecule has 5 nitrogen and oxygen atoms in total. The van der Waals surface area contributed by atoms with Crippen LogP contribution in [0.2, 0.25) is 5.02 Å². The lowest BCUT2D eigenvalue weighted by Crippen LogP contribution is -2.25. The molecular formula is C13H19ClN4O. The standard InChI is InChI=1S/C13H19ClN4O/c1-2-3-4-5-9-6-7-11(10(14)8-9)17-13(19)18-12(15)16/h6-8H,2-5H2,1H3,(H5,15,16,17,18,19). The van der Waals surface area contributed by atoms with Gasteiger partial charge < -0.3 is 16.8 Å². The summed E-state index contributed by atoms with van der Waals surface area (Å²) in [4.78, 5) is 14.7. The summed E-state index contributed by atoms with van der Waals surface area (Å²) < 4.78 is 0. The Balaban J connectivity index is 2.66. The summed E-state index contributed by atoms with van der Waals surface area (Å²) in [6.45, 7) is 2.16. The molecule has 2 amide bonds. The molecule has 0 spiro atoms. The van der Waals surface area contributed by atoms with Gasteiger partial charge in [0.05, 0.1) is 10.7 Å². The number of benzene rings is 1. The van der Waals surface area contributed by atoms with Gasteiger partial charge >= 0.3 is 6.03 Å². The number of nitrogens with two attached hydrogens (primary N) is 2. The maximum absolute atomic E-state index is 11.4. The zero-order valence-electron chi connectivity index (χ0n) is 10.9. The Hall–Kier alpha value is -1.75. The van der Waals surface area contributed by atoms with Gasteiger partial charge in [0.2, 0.25) is 0 Å². The number of hydrogen-bond donors (Lipinski definition) is 3. The first-order valence-electron chi connectivity index (χ1n) is 6.22. The van der Waals surface area contributed by atoms with Gasteiger partial charge in [0.1, 0.15) is 0 Å². The molecule has 19 heavy (non-hydrogen) atoms. The molecule has 0 unspecified atom stereocenters. The molecule has 6 heteroatoms. The number of unbranched alkanes of at least 4 members (excludes halogenated alkanes) is 2. The normalized spacial score (nSPS) is 10.0. The van der Waals surface area contributed by atoms with Gasteiger partial charge in [-0.25, -0.2) is 4.79 Å². The average Bonchev–Trinajstić information content (AvgIpc) is 2.32. The topological polar surface area (TPSA) is 93.5 Å². The largest absolute Gasteiger partial charge is 0.370 e. The van der Waals surface area contributed by atoms with E-state index in [2.05, 4.69) is 17.2 Å². The molecular weight excluding hydrogens is 264 g/mol. The van der Waals surface area contributed by atoms with Crippen LogP contribution < -0.4 is 16.8 Å². The van der Waals surface area contributed by atoms with Crippen molar-refractivity contribution in [1.82, 2.24) is 0 Å². The number of nitrogens with zero attached hydrogens (tertiary/aromatic N) is 1. The van der Waals surface area contributed by atoms with Crippen LogP contribution in [0.15, 0.2) is 23.2 Å². The van der Waals surface area contributed by atoms with Crippen LogP contribution in [0.25, 0.3) is 0 Å². The molecule has 0 fully saturated rings. The van der Waals surface area contributed by atoms with Gasteiger partial charge in [-0.15, -0.1) is 0 Å². The summed E-state index contributed by atoms with van der Waals surface area (Å²) >= 11 is 6.10. The fraction of sp³-hybridized carbons (Fsp3) is 0.385. The molecule has 0 aliphatic carbocycles. The molecule has 0 aliphatic heterocycles. The number of urea groups is 1. The lowest BCUT2D eigenvalue weighted by molar-refractivity contribution is 0.259. The van der Waals surface area contributed by atoms with Gasteiger partial charge in [0.15, 0.2) is 5.96 Å². The zero-order valence-corrected chi connectivity index (χ0v) is 11.7. The lowest BCUT2D eigenvalue weighted by atomic mass is 10.1. The highest BCUT2D eigenvalue weighted by molar-refractivity contribution is 6.33. The summed E-state index contributed by atoms with van der Waals surface area (Å²) in [5.41, 5.74) is 11.9. The lowest BCUT2D eigenvalue weighted by Gasteiger charge is -2.07. The van der Waals surface area contributed by atoms with Crippen molar-refractivity contribution in [3.8, 4) is 0 Å². The van der Waals surface area contributed by atoms with Crippen molar-refractivity contribution < 1.29 is 4.79 Å². The molecule has 0 heterocycles. The van der Waals surface area contributed by atoms with E-state index < -0.39 is 6.03 Å². The number of carbonyl (C=O) groups is 1. The second kappa shape index (κ2) is 7.63. The minimum absolute atomic E-state index is 0.287. The molecule has 1 aromatic carbocycles. The van der Waals surface area contributed by atoms with Crippen molar-refractivity contribution in [1.29, 1.82) is 0 Å². The SMILES string of the molecule is CCCCCc1ccc(NC(=O)N=C(N)N)c(Cl)c1. The minimum Gasteiger partial charge on any atom is -0.370 e. The number of carbonyl (C=O) groups excluding carboxylic acids is 1. The van der Waals surface area contributed by atoms with E-state index in [1.54, 1.807) is 6.07 Å². The Labute approximate surface area is 118 Å². The third-order valence-corrected chi connectivity index (χ3v) is 2.89. The van der Waals surface area contributed by atoms with Crippen LogP contribution in [-0.2, 0) is 6.42 Å². The molecule has 5 N–H and O–H groups in total. The Morgan fingerprint density at radius 2 is 2.11 bits per heavy atom. The Kier molecular flexibility index (Phi) is 6.15. The third-order valence-electron chi connectivity index (χ3n) is 2.57. The van der Waals surface area contributed by atoms with Crippen LogP contribution in [0.5, 0.6) is 0 Å². The van der Waals surface area contributed by atoms with E-state index >= 15 is 0 Å². The summed E-state index contributed by atoms with van der Waals surface area (Å²) in [6, 6.07) is 4.90. The first kappa shape index (κ1) is 15.3. The summed E-state index contributed by atoms with van der Waals surface area (Å²) in [7, 11) is 0. The molecule has 0 saturated carbocycles. The minimum atomic E-state index is -0.638. The van der Waals surface area contributed by atoms with E-state index in [0.29, 0.717) is 10.7 Å². The van der Waals surface area contributed by atoms with Crippen LogP contribution >= 0.6 is 11.6 Å². The number of aryl methyl sites for hydroxylation is 1. The summed E-state index contributed by atoms with van der Waals surface area (Å²) in [5.74, 6) is -0.287. The number of halogens is 1. The predicted molar refractivity (Wildman–Crippen MR) is 79.5 cm³/mol. The number of nitrogens with one attached hydrogen (secondary N) is 1. The smallest absolute Gasteiger partial charge is 0.348 e. The average molecular weight is 283 g/mol. The monoisotopic (exact) mass is 282 g/mol. The van der Waals surface area contributed by atoms with E-state index in [1.165, 1.54) is 12.8 Å². The second-order valence-corrected chi connectivity index (χ2v) is 4.65. The van der Waals surface area contributed by atoms with Crippen LogP contribution in [-0.4, -0.2) is 12.0 Å². The Bertz CT molecular complexity index is 470. The van der Waals surface area contributed by atoms with E-state index in [1.807, 2.05) is 12.1 Å². The van der Waals surface area contributed by atoms with Crippen LogP contribution in [0, 0.1) is 0 Å². The van der Waals surface area contributed by atoms with Crippen molar-refractivity contribution in [2.75, 3.05) is 5.32 Å². The number of anilines is 1. The molecule has 104 valence electrons. The fourth-order valence-corrected chi connectivity index (χ4v) is 1.91. The number of aliphatic imine (C=N–C) groups is 1. The van der Waals surface area contributed by atoms with Gasteiger partial charge in [-0.3, -0.25) is 0 Å². The first-order valence-corrected chi connectivity index (χ1v) is 6.59. The quantitative estimate of drug-likeness (QED) is 0.440. The maximum Gasteiger partial charge on any atom is 0.348 e. The summed E-state index contributed by atoms with van der Waals surface area (Å²) in [6.07, 6.45) is 4.49. The van der Waals surface area contributed by atoms with Gasteiger partial charge in [-0.05, 0) is 30.5 Å². The highest BCUT2D eigenvalue weighted by Crippen LogP contribution is 2.24. The van der Waals surface area contributed by atoms with Gasteiger partial charge in [-0.1, -0.05) is 37.4 Å². The van der Waals surface area contributed by atoms with Crippen LogP contribution in [0.1, 0.15) is 31.7 Å². The molecule has 0 radical (unpaired) electrons. The van der Waals surface area contributed by atoms with Gasteiger partial charge in [0, 0.05) is 0 Å². The van der Waals surface area contributed by atoms with Crippen molar-refractivity contribution in [3.05, 3.63) is 28.8 Å². The maximum atomic E-state index is 11.4. The van der Waals surface area contributed by atoms with E-state index in [9.17, 15) is 4.79 Å². The highest BCUT2D eigenvalue weighted by atomic mass is 35.5. The van der Waals surface area contributed by atoms with Gasteiger partial charge in [-0.2, -0.15) is 4.99 Å². The second-order valence-electron chi connectivity index (χ2n) is 4.24. The van der Waals surface area contributed by atoms with Crippen molar-refractivity contribution >= 4 is 29.3 Å². The van der Waals surface area contributed by atoms with Crippen molar-refractivity contribution in [2.24, 2.45) is 16.5 Å². The molecule has 0 aromatic heterocycles. The van der Waals surface area contributed by atoms with E-state index in [4.69, 9.17) is 23.1 Å². The Morgan fingerprint density at radius 3 is 2.68 bits per heavy atom. The summed E-state index contributed by atoms with van der Waals surface area (Å²) in [5, 5.41) is 3.00. The van der Waals surface area contributed by atoms with Gasteiger partial charge in [0.25, 0.3) is 0 Å². The molecule has 0 bridgehead atoms. The molecule has 0 saturated heterocycles. The predicted octanol–water partition coefficient (Wildman–Crippen LogP) is 2.88. The van der Waals surface area contributed by atoms with Crippen LogP contribution in [0.4, 0.5) is 10.5 Å². The first-order chi connectivity index (χ1) is 9.02. The zero-order chi connectivity index (χ0) is 14.3. The molecule has 1 aromatic rings. The Morgan fingerprint density at radius 1 is 1.37 bits per heavy atom. The molecule has 1 rings (SSSR count). The number of amides is 2. The van der Waals surface area contributed by atoms with Crippen LogP contribution in [0.3, 0.4) is 0 Å². The fourth-order valence-electron chi connectivity index (χ4n) is 1.66. The third kappa shape index (κ3) is 5.61.